The van der Waals surface area contributed by atoms with E-state index < -0.39 is 0 Å². The maximum atomic E-state index is 6.30. The Kier molecular flexibility index (Phi) is 5.20. The second-order valence-electron chi connectivity index (χ2n) is 5.54. The molecule has 1 aliphatic carbocycles. The maximum absolute atomic E-state index is 6.30. The second-order valence-corrected chi connectivity index (χ2v) is 5.54. The fraction of sp³-hybridized carbons (Fsp3) is 0.688. The summed E-state index contributed by atoms with van der Waals surface area (Å²) in [5.74, 6) is 1.67. The SMILES string of the molecule is CCC1CCCCC1Oc1ccc(C)nc1CNC. The molecule has 3 nitrogen and oxygen atoms in total. The normalized spacial score (nSPS) is 23.3. The molecule has 0 saturated heterocycles. The van der Waals surface area contributed by atoms with Gasteiger partial charge in [0.05, 0.1) is 5.69 Å². The molecule has 1 aromatic rings. The average Bonchev–Trinajstić information content (AvgIpc) is 2.43. The first-order valence-corrected chi connectivity index (χ1v) is 7.52. The molecule has 0 bridgehead atoms. The van der Waals surface area contributed by atoms with Crippen LogP contribution in [-0.4, -0.2) is 18.1 Å². The largest absolute Gasteiger partial charge is 0.488 e. The molecule has 19 heavy (non-hydrogen) atoms. The van der Waals surface area contributed by atoms with E-state index >= 15 is 0 Å². The highest BCUT2D eigenvalue weighted by Crippen LogP contribution is 2.31. The van der Waals surface area contributed by atoms with Gasteiger partial charge in [-0.2, -0.15) is 0 Å². The summed E-state index contributed by atoms with van der Waals surface area (Å²) < 4.78 is 6.30. The number of ether oxygens (including phenoxy) is 1. The zero-order valence-corrected chi connectivity index (χ0v) is 12.4. The molecule has 0 amide bonds. The Morgan fingerprint density at radius 3 is 2.84 bits per heavy atom. The van der Waals surface area contributed by atoms with Gasteiger partial charge in [-0.05, 0) is 57.7 Å². The van der Waals surface area contributed by atoms with Gasteiger partial charge in [0, 0.05) is 12.2 Å². The van der Waals surface area contributed by atoms with Crippen molar-refractivity contribution in [3.05, 3.63) is 23.5 Å². The Bertz CT molecular complexity index is 406. The molecule has 0 aromatic carbocycles. The molecule has 106 valence electrons. The summed E-state index contributed by atoms with van der Waals surface area (Å²) in [5, 5.41) is 3.17. The number of aromatic nitrogens is 1. The Morgan fingerprint density at radius 2 is 2.11 bits per heavy atom. The van der Waals surface area contributed by atoms with Crippen molar-refractivity contribution < 1.29 is 4.74 Å². The molecule has 1 heterocycles. The molecule has 2 atom stereocenters. The van der Waals surface area contributed by atoms with E-state index in [0.29, 0.717) is 12.0 Å². The van der Waals surface area contributed by atoms with E-state index in [1.165, 1.54) is 32.1 Å². The molecule has 1 aliphatic rings. The topological polar surface area (TPSA) is 34.1 Å². The van der Waals surface area contributed by atoms with Crippen LogP contribution in [0.4, 0.5) is 0 Å². The summed E-state index contributed by atoms with van der Waals surface area (Å²) >= 11 is 0. The van der Waals surface area contributed by atoms with E-state index in [4.69, 9.17) is 4.74 Å². The Morgan fingerprint density at radius 1 is 1.32 bits per heavy atom. The van der Waals surface area contributed by atoms with Gasteiger partial charge in [-0.15, -0.1) is 0 Å². The van der Waals surface area contributed by atoms with Crippen LogP contribution in [0, 0.1) is 12.8 Å². The summed E-state index contributed by atoms with van der Waals surface area (Å²) in [5.41, 5.74) is 2.08. The van der Waals surface area contributed by atoms with E-state index in [0.717, 1.165) is 23.7 Å². The van der Waals surface area contributed by atoms with Crippen molar-refractivity contribution in [2.45, 2.75) is 58.6 Å². The van der Waals surface area contributed by atoms with Crippen LogP contribution in [0.5, 0.6) is 5.75 Å². The number of pyridine rings is 1. The van der Waals surface area contributed by atoms with Crippen molar-refractivity contribution in [2.24, 2.45) is 5.92 Å². The number of hydrogen-bond donors (Lipinski definition) is 1. The summed E-state index contributed by atoms with van der Waals surface area (Å²) in [6.45, 7) is 5.06. The van der Waals surface area contributed by atoms with Gasteiger partial charge < -0.3 is 10.1 Å². The second kappa shape index (κ2) is 6.90. The van der Waals surface area contributed by atoms with E-state index in [1.54, 1.807) is 0 Å². The molecule has 1 saturated carbocycles. The fourth-order valence-electron chi connectivity index (χ4n) is 2.96. The minimum atomic E-state index is 0.374. The molecule has 2 rings (SSSR count). The van der Waals surface area contributed by atoms with Crippen molar-refractivity contribution in [3.63, 3.8) is 0 Å². The lowest BCUT2D eigenvalue weighted by Crippen LogP contribution is -2.30. The first-order valence-electron chi connectivity index (χ1n) is 7.52. The minimum absolute atomic E-state index is 0.374. The first-order chi connectivity index (χ1) is 9.24. The molecule has 1 aromatic heterocycles. The van der Waals surface area contributed by atoms with Crippen LogP contribution in [0.1, 0.15) is 50.4 Å². The van der Waals surface area contributed by atoms with Crippen LogP contribution >= 0.6 is 0 Å². The van der Waals surface area contributed by atoms with E-state index in [2.05, 4.69) is 23.3 Å². The standard InChI is InChI=1S/C16H26N2O/c1-4-13-7-5-6-8-15(13)19-16-10-9-12(2)18-14(16)11-17-3/h9-10,13,15,17H,4-8,11H2,1-3H3. The third-order valence-corrected chi connectivity index (χ3v) is 4.06. The van der Waals surface area contributed by atoms with Gasteiger partial charge >= 0.3 is 0 Å². The zero-order valence-electron chi connectivity index (χ0n) is 12.4. The monoisotopic (exact) mass is 262 g/mol. The van der Waals surface area contributed by atoms with Crippen molar-refractivity contribution in [1.82, 2.24) is 10.3 Å². The van der Waals surface area contributed by atoms with Gasteiger partial charge in [-0.1, -0.05) is 13.3 Å². The molecular weight excluding hydrogens is 236 g/mol. The van der Waals surface area contributed by atoms with Gasteiger partial charge in [-0.3, -0.25) is 4.98 Å². The van der Waals surface area contributed by atoms with Crippen molar-refractivity contribution in [3.8, 4) is 5.75 Å². The molecular formula is C16H26N2O. The Hall–Kier alpha value is -1.09. The van der Waals surface area contributed by atoms with Gasteiger partial charge in [0.2, 0.25) is 0 Å². The molecule has 3 heteroatoms. The molecule has 0 spiro atoms. The van der Waals surface area contributed by atoms with E-state index in [1.807, 2.05) is 20.0 Å². The van der Waals surface area contributed by atoms with Crippen molar-refractivity contribution >= 4 is 0 Å². The number of aryl methyl sites for hydroxylation is 1. The number of rotatable bonds is 5. The number of nitrogens with one attached hydrogen (secondary N) is 1. The average molecular weight is 262 g/mol. The summed E-state index contributed by atoms with van der Waals surface area (Å²) in [6, 6.07) is 4.12. The Balaban J connectivity index is 2.12. The van der Waals surface area contributed by atoms with Gasteiger partial charge in [0.25, 0.3) is 0 Å². The molecule has 1 fully saturated rings. The smallest absolute Gasteiger partial charge is 0.142 e. The molecule has 2 unspecified atom stereocenters. The van der Waals surface area contributed by atoms with Crippen LogP contribution in [0.25, 0.3) is 0 Å². The highest BCUT2D eigenvalue weighted by Gasteiger charge is 2.26. The predicted molar refractivity (Wildman–Crippen MR) is 78.4 cm³/mol. The van der Waals surface area contributed by atoms with E-state index in [-0.39, 0.29) is 0 Å². The lowest BCUT2D eigenvalue weighted by Gasteiger charge is -2.31. The van der Waals surface area contributed by atoms with Crippen LogP contribution < -0.4 is 10.1 Å². The first kappa shape index (κ1) is 14.3. The van der Waals surface area contributed by atoms with Gasteiger partial charge in [0.15, 0.2) is 0 Å². The third kappa shape index (κ3) is 3.69. The molecule has 1 N–H and O–H groups in total. The van der Waals surface area contributed by atoms with E-state index in [9.17, 15) is 0 Å². The van der Waals surface area contributed by atoms with Gasteiger partial charge in [-0.25, -0.2) is 0 Å². The quantitative estimate of drug-likeness (QED) is 0.882. The van der Waals surface area contributed by atoms with Crippen LogP contribution in [0.3, 0.4) is 0 Å². The third-order valence-electron chi connectivity index (χ3n) is 4.06. The fourth-order valence-corrected chi connectivity index (χ4v) is 2.96. The summed E-state index contributed by atoms with van der Waals surface area (Å²) in [7, 11) is 1.95. The molecule has 0 radical (unpaired) electrons. The van der Waals surface area contributed by atoms with Crippen molar-refractivity contribution in [2.75, 3.05) is 7.05 Å². The number of nitrogens with zero attached hydrogens (tertiary/aromatic N) is 1. The van der Waals surface area contributed by atoms with Crippen molar-refractivity contribution in [1.29, 1.82) is 0 Å². The van der Waals surface area contributed by atoms with Crippen LogP contribution in [0.2, 0.25) is 0 Å². The minimum Gasteiger partial charge on any atom is -0.488 e. The lowest BCUT2D eigenvalue weighted by atomic mass is 9.85. The van der Waals surface area contributed by atoms with Crippen LogP contribution in [-0.2, 0) is 6.54 Å². The zero-order chi connectivity index (χ0) is 13.7. The number of hydrogen-bond acceptors (Lipinski definition) is 3. The van der Waals surface area contributed by atoms with Gasteiger partial charge in [0.1, 0.15) is 11.9 Å². The highest BCUT2D eigenvalue weighted by molar-refractivity contribution is 5.29. The summed E-state index contributed by atoms with van der Waals surface area (Å²) in [4.78, 5) is 4.59. The predicted octanol–water partition coefficient (Wildman–Crippen LogP) is 3.46. The van der Waals surface area contributed by atoms with Crippen LogP contribution in [0.15, 0.2) is 12.1 Å². The lowest BCUT2D eigenvalue weighted by molar-refractivity contribution is 0.0888. The molecule has 0 aliphatic heterocycles. The Labute approximate surface area is 116 Å². The highest BCUT2D eigenvalue weighted by atomic mass is 16.5. The summed E-state index contributed by atoms with van der Waals surface area (Å²) in [6.07, 6.45) is 6.73. The maximum Gasteiger partial charge on any atom is 0.142 e.